The lowest BCUT2D eigenvalue weighted by molar-refractivity contribution is 0.141. The Bertz CT molecular complexity index is 508. The molecule has 4 nitrogen and oxygen atoms in total. The fraction of sp³-hybridized carbons (Fsp3) is 0.429. The molecule has 0 atom stereocenters. The third-order valence-corrected chi connectivity index (χ3v) is 3.95. The van der Waals surface area contributed by atoms with Crippen molar-refractivity contribution in [2.45, 2.75) is 25.7 Å². The van der Waals surface area contributed by atoms with Crippen LogP contribution in [-0.4, -0.2) is 21.7 Å². The van der Waals surface area contributed by atoms with Crippen molar-refractivity contribution in [2.24, 2.45) is 11.1 Å². The SMILES string of the molecule is NCC1(Cc2nc(-c3ccccc3)n[nH]2)CCC1. The number of nitrogens with one attached hydrogen (secondary N) is 1. The van der Waals surface area contributed by atoms with Crippen molar-refractivity contribution in [3.05, 3.63) is 36.2 Å². The molecule has 1 aromatic carbocycles. The summed E-state index contributed by atoms with van der Waals surface area (Å²) in [5.74, 6) is 1.73. The topological polar surface area (TPSA) is 67.6 Å². The third-order valence-electron chi connectivity index (χ3n) is 3.95. The highest BCUT2D eigenvalue weighted by molar-refractivity contribution is 5.53. The van der Waals surface area contributed by atoms with E-state index in [-0.39, 0.29) is 5.41 Å². The van der Waals surface area contributed by atoms with Crippen LogP contribution in [0.4, 0.5) is 0 Å². The molecule has 1 heterocycles. The zero-order chi connectivity index (χ0) is 12.4. The van der Waals surface area contributed by atoms with Crippen LogP contribution < -0.4 is 5.73 Å². The average Bonchev–Trinajstić information content (AvgIpc) is 2.83. The first-order valence-electron chi connectivity index (χ1n) is 6.48. The Balaban J connectivity index is 1.78. The number of hydrogen-bond donors (Lipinski definition) is 2. The molecule has 2 aromatic rings. The summed E-state index contributed by atoms with van der Waals surface area (Å²) in [5.41, 5.74) is 7.20. The van der Waals surface area contributed by atoms with Crippen molar-refractivity contribution in [2.75, 3.05) is 6.54 Å². The van der Waals surface area contributed by atoms with Gasteiger partial charge in [0.05, 0.1) is 0 Å². The molecular formula is C14H18N4. The average molecular weight is 242 g/mol. The molecule has 1 saturated carbocycles. The van der Waals surface area contributed by atoms with Crippen LogP contribution in [0.3, 0.4) is 0 Å². The predicted molar refractivity (Wildman–Crippen MR) is 70.9 cm³/mol. The number of aromatic nitrogens is 3. The molecule has 0 amide bonds. The number of benzene rings is 1. The minimum atomic E-state index is 0.271. The van der Waals surface area contributed by atoms with Gasteiger partial charge in [-0.25, -0.2) is 4.98 Å². The van der Waals surface area contributed by atoms with Gasteiger partial charge in [0.2, 0.25) is 0 Å². The Hall–Kier alpha value is -1.68. The standard InChI is InChI=1S/C14H18N4/c15-10-14(7-4-8-14)9-12-16-13(18-17-12)11-5-2-1-3-6-11/h1-3,5-6H,4,7-10,15H2,(H,16,17,18). The first kappa shape index (κ1) is 11.4. The van der Waals surface area contributed by atoms with Crippen molar-refractivity contribution < 1.29 is 0 Å². The summed E-state index contributed by atoms with van der Waals surface area (Å²) in [6, 6.07) is 10.0. The second-order valence-corrected chi connectivity index (χ2v) is 5.21. The first-order valence-corrected chi connectivity index (χ1v) is 6.48. The smallest absolute Gasteiger partial charge is 0.181 e. The van der Waals surface area contributed by atoms with E-state index in [1.165, 1.54) is 19.3 Å². The Morgan fingerprint density at radius 3 is 2.61 bits per heavy atom. The van der Waals surface area contributed by atoms with Gasteiger partial charge in [0.25, 0.3) is 0 Å². The lowest BCUT2D eigenvalue weighted by Crippen LogP contribution is -2.39. The molecule has 3 rings (SSSR count). The van der Waals surface area contributed by atoms with Crippen molar-refractivity contribution in [3.8, 4) is 11.4 Å². The van der Waals surface area contributed by atoms with Gasteiger partial charge in [-0.2, -0.15) is 5.10 Å². The van der Waals surface area contributed by atoms with E-state index in [9.17, 15) is 0 Å². The number of hydrogen-bond acceptors (Lipinski definition) is 3. The number of nitrogens with two attached hydrogens (primary N) is 1. The minimum Gasteiger partial charge on any atom is -0.330 e. The molecule has 1 aromatic heterocycles. The number of aromatic amines is 1. The van der Waals surface area contributed by atoms with E-state index < -0.39 is 0 Å². The van der Waals surface area contributed by atoms with Crippen LogP contribution in [0.15, 0.2) is 30.3 Å². The lowest BCUT2D eigenvalue weighted by atomic mass is 9.66. The Kier molecular flexibility index (Phi) is 2.88. The van der Waals surface area contributed by atoms with Gasteiger partial charge in [0.15, 0.2) is 5.82 Å². The fourth-order valence-electron chi connectivity index (χ4n) is 2.58. The van der Waals surface area contributed by atoms with E-state index in [0.29, 0.717) is 0 Å². The van der Waals surface area contributed by atoms with E-state index in [0.717, 1.165) is 30.2 Å². The van der Waals surface area contributed by atoms with Crippen molar-refractivity contribution >= 4 is 0 Å². The molecule has 94 valence electrons. The van der Waals surface area contributed by atoms with Crippen LogP contribution in [0, 0.1) is 5.41 Å². The van der Waals surface area contributed by atoms with Gasteiger partial charge in [0, 0.05) is 12.0 Å². The molecule has 0 spiro atoms. The molecule has 1 fully saturated rings. The Morgan fingerprint density at radius 1 is 1.22 bits per heavy atom. The Morgan fingerprint density at radius 2 is 2.00 bits per heavy atom. The summed E-state index contributed by atoms with van der Waals surface area (Å²) < 4.78 is 0. The molecular weight excluding hydrogens is 224 g/mol. The van der Waals surface area contributed by atoms with Crippen molar-refractivity contribution in [1.29, 1.82) is 0 Å². The highest BCUT2D eigenvalue weighted by Gasteiger charge is 2.36. The van der Waals surface area contributed by atoms with Gasteiger partial charge in [0.1, 0.15) is 5.82 Å². The van der Waals surface area contributed by atoms with Crippen LogP contribution in [0.2, 0.25) is 0 Å². The zero-order valence-electron chi connectivity index (χ0n) is 10.4. The highest BCUT2D eigenvalue weighted by atomic mass is 15.2. The second kappa shape index (κ2) is 4.53. The van der Waals surface area contributed by atoms with E-state index >= 15 is 0 Å². The molecule has 1 aliphatic rings. The molecule has 18 heavy (non-hydrogen) atoms. The summed E-state index contributed by atoms with van der Waals surface area (Å²) in [6.45, 7) is 0.744. The van der Waals surface area contributed by atoms with E-state index in [1.807, 2.05) is 30.3 Å². The van der Waals surface area contributed by atoms with Gasteiger partial charge in [-0.3, -0.25) is 5.10 Å². The van der Waals surface area contributed by atoms with Crippen LogP contribution in [0.1, 0.15) is 25.1 Å². The first-order chi connectivity index (χ1) is 8.81. The van der Waals surface area contributed by atoms with Gasteiger partial charge in [-0.1, -0.05) is 36.8 Å². The third kappa shape index (κ3) is 2.04. The molecule has 0 aliphatic heterocycles. The van der Waals surface area contributed by atoms with Gasteiger partial charge < -0.3 is 5.73 Å². The fourth-order valence-corrected chi connectivity index (χ4v) is 2.58. The van der Waals surface area contributed by atoms with Crippen LogP contribution in [0.5, 0.6) is 0 Å². The molecule has 0 bridgehead atoms. The number of H-pyrrole nitrogens is 1. The van der Waals surface area contributed by atoms with Gasteiger partial charge in [-0.05, 0) is 24.8 Å². The largest absolute Gasteiger partial charge is 0.330 e. The molecule has 0 saturated heterocycles. The second-order valence-electron chi connectivity index (χ2n) is 5.21. The van der Waals surface area contributed by atoms with E-state index in [4.69, 9.17) is 5.73 Å². The summed E-state index contributed by atoms with van der Waals surface area (Å²) in [7, 11) is 0. The summed E-state index contributed by atoms with van der Waals surface area (Å²) in [5, 5.41) is 7.33. The van der Waals surface area contributed by atoms with Crippen molar-refractivity contribution in [3.63, 3.8) is 0 Å². The van der Waals surface area contributed by atoms with E-state index in [2.05, 4.69) is 15.2 Å². The predicted octanol–water partition coefficient (Wildman–Crippen LogP) is 2.14. The molecule has 3 N–H and O–H groups in total. The quantitative estimate of drug-likeness (QED) is 0.863. The minimum absolute atomic E-state index is 0.271. The molecule has 4 heteroatoms. The van der Waals surface area contributed by atoms with Crippen LogP contribution >= 0.6 is 0 Å². The van der Waals surface area contributed by atoms with E-state index in [1.54, 1.807) is 0 Å². The maximum Gasteiger partial charge on any atom is 0.181 e. The maximum atomic E-state index is 5.87. The highest BCUT2D eigenvalue weighted by Crippen LogP contribution is 2.42. The van der Waals surface area contributed by atoms with Gasteiger partial charge in [-0.15, -0.1) is 0 Å². The summed E-state index contributed by atoms with van der Waals surface area (Å²) in [6.07, 6.45) is 4.63. The normalized spacial score (nSPS) is 17.4. The summed E-state index contributed by atoms with van der Waals surface area (Å²) >= 11 is 0. The van der Waals surface area contributed by atoms with Crippen molar-refractivity contribution in [1.82, 2.24) is 15.2 Å². The van der Waals surface area contributed by atoms with Gasteiger partial charge >= 0.3 is 0 Å². The molecule has 1 aliphatic carbocycles. The zero-order valence-corrected chi connectivity index (χ0v) is 10.4. The van der Waals surface area contributed by atoms with Crippen LogP contribution in [0.25, 0.3) is 11.4 Å². The van der Waals surface area contributed by atoms with Crippen LogP contribution in [-0.2, 0) is 6.42 Å². The maximum absolute atomic E-state index is 5.87. The molecule has 0 unspecified atom stereocenters. The monoisotopic (exact) mass is 242 g/mol. The summed E-state index contributed by atoms with van der Waals surface area (Å²) in [4.78, 5) is 4.57. The number of rotatable bonds is 4. The molecule has 0 radical (unpaired) electrons. The lowest BCUT2D eigenvalue weighted by Gasteiger charge is -2.40. The Labute approximate surface area is 107 Å². The number of nitrogens with zero attached hydrogens (tertiary/aromatic N) is 2.